The van der Waals surface area contributed by atoms with Crippen molar-refractivity contribution in [3.63, 3.8) is 0 Å². The number of pyridine rings is 1. The molecule has 1 aromatic heterocycles. The molecule has 2 aliphatic heterocycles. The van der Waals surface area contributed by atoms with Crippen LogP contribution in [0.15, 0.2) is 29.2 Å². The van der Waals surface area contributed by atoms with Crippen LogP contribution in [0.3, 0.4) is 0 Å². The fourth-order valence-corrected chi connectivity index (χ4v) is 3.97. The minimum absolute atomic E-state index is 0.00640. The number of aromatic nitrogens is 1. The number of carbonyl (C=O) groups is 2. The molecule has 0 spiro atoms. The van der Waals surface area contributed by atoms with Crippen molar-refractivity contribution in [3.05, 3.63) is 68.6 Å². The van der Waals surface area contributed by atoms with E-state index in [1.165, 1.54) is 19.2 Å². The van der Waals surface area contributed by atoms with Crippen LogP contribution in [-0.4, -0.2) is 40.2 Å². The van der Waals surface area contributed by atoms with Gasteiger partial charge in [0, 0.05) is 36.0 Å². The van der Waals surface area contributed by atoms with Gasteiger partial charge in [-0.25, -0.2) is 8.78 Å². The third-order valence-corrected chi connectivity index (χ3v) is 5.63. The van der Waals surface area contributed by atoms with Gasteiger partial charge in [-0.1, -0.05) is 6.07 Å². The first kappa shape index (κ1) is 20.2. The smallest absolute Gasteiger partial charge is 0.273 e. The normalized spacial score (nSPS) is 20.5. The molecule has 2 aliphatic rings. The summed E-state index contributed by atoms with van der Waals surface area (Å²) in [5.74, 6) is -2.50. The van der Waals surface area contributed by atoms with Crippen molar-refractivity contribution in [2.45, 2.75) is 45.6 Å². The van der Waals surface area contributed by atoms with E-state index in [1.54, 1.807) is 9.47 Å². The number of hydrogen-bond acceptors (Lipinski definition) is 4. The second-order valence-corrected chi connectivity index (χ2v) is 7.59. The lowest BCUT2D eigenvalue weighted by molar-refractivity contribution is -0.112. The zero-order chi connectivity index (χ0) is 21.6. The Bertz CT molecular complexity index is 1100. The van der Waals surface area contributed by atoms with Gasteiger partial charge in [0.2, 0.25) is 0 Å². The summed E-state index contributed by atoms with van der Waals surface area (Å²) in [6.45, 7) is 4.08. The van der Waals surface area contributed by atoms with Crippen LogP contribution in [-0.2, 0) is 17.8 Å². The second-order valence-electron chi connectivity index (χ2n) is 7.59. The molecule has 2 amide bonds. The van der Waals surface area contributed by atoms with Gasteiger partial charge in [-0.15, -0.1) is 0 Å². The summed E-state index contributed by atoms with van der Waals surface area (Å²) >= 11 is 0. The van der Waals surface area contributed by atoms with Gasteiger partial charge < -0.3 is 19.5 Å². The highest BCUT2D eigenvalue weighted by Crippen LogP contribution is 2.27. The van der Waals surface area contributed by atoms with Crippen LogP contribution >= 0.6 is 0 Å². The standard InChI is InChI=1S/C21H21F2N3O4/c1-11-5-6-30-17-10-25-9-15(19(27)12(2)18(25)21(29)26(11)17)20(28)24-8-13-3-4-14(22)7-16(13)23/h3-4,7,9,11,17H,5-6,8,10H2,1-2H3,(H,24,28)/t11-,17+/m1/s1. The van der Waals surface area contributed by atoms with E-state index in [9.17, 15) is 23.2 Å². The molecular weight excluding hydrogens is 396 g/mol. The monoisotopic (exact) mass is 417 g/mol. The molecule has 0 aliphatic carbocycles. The summed E-state index contributed by atoms with van der Waals surface area (Å²) in [5.41, 5.74) is -0.193. The first-order valence-corrected chi connectivity index (χ1v) is 9.68. The number of nitrogens with zero attached hydrogens (tertiary/aromatic N) is 2. The summed E-state index contributed by atoms with van der Waals surface area (Å²) in [5, 5.41) is 2.48. The number of fused-ring (bicyclic) bond motifs is 2. The van der Waals surface area contributed by atoms with Gasteiger partial charge >= 0.3 is 0 Å². The van der Waals surface area contributed by atoms with Crippen molar-refractivity contribution in [2.75, 3.05) is 6.61 Å². The first-order chi connectivity index (χ1) is 14.3. The number of carbonyl (C=O) groups excluding carboxylic acids is 2. The van der Waals surface area contributed by atoms with Crippen molar-refractivity contribution in [1.29, 1.82) is 0 Å². The van der Waals surface area contributed by atoms with Crippen molar-refractivity contribution in [1.82, 2.24) is 14.8 Å². The molecule has 158 valence electrons. The van der Waals surface area contributed by atoms with Crippen LogP contribution < -0.4 is 10.7 Å². The molecule has 0 saturated carbocycles. The maximum absolute atomic E-state index is 13.8. The highest BCUT2D eigenvalue weighted by atomic mass is 19.1. The molecule has 3 heterocycles. The highest BCUT2D eigenvalue weighted by Gasteiger charge is 2.40. The topological polar surface area (TPSA) is 80.6 Å². The number of rotatable bonds is 3. The predicted octanol–water partition coefficient (Wildman–Crippen LogP) is 1.96. The lowest BCUT2D eigenvalue weighted by Gasteiger charge is -2.44. The van der Waals surface area contributed by atoms with E-state index >= 15 is 0 Å². The van der Waals surface area contributed by atoms with Crippen LogP contribution in [0.1, 0.15) is 45.3 Å². The Labute approximate surface area is 171 Å². The number of halogens is 2. The largest absolute Gasteiger partial charge is 0.356 e. The quantitative estimate of drug-likeness (QED) is 0.828. The molecule has 1 saturated heterocycles. The number of nitrogens with one attached hydrogen (secondary N) is 1. The van der Waals surface area contributed by atoms with Crippen LogP contribution in [0.25, 0.3) is 0 Å². The molecule has 1 fully saturated rings. The van der Waals surface area contributed by atoms with Gasteiger partial charge in [0.05, 0.1) is 13.2 Å². The first-order valence-electron chi connectivity index (χ1n) is 9.68. The Balaban J connectivity index is 1.63. The van der Waals surface area contributed by atoms with Gasteiger partial charge in [0.1, 0.15) is 22.9 Å². The van der Waals surface area contributed by atoms with Gasteiger partial charge in [0.25, 0.3) is 11.8 Å². The number of amides is 2. The molecule has 1 N–H and O–H groups in total. The predicted molar refractivity (Wildman–Crippen MR) is 103 cm³/mol. The van der Waals surface area contributed by atoms with Crippen LogP contribution in [0.4, 0.5) is 8.78 Å². The van der Waals surface area contributed by atoms with Gasteiger partial charge in [-0.05, 0) is 26.3 Å². The molecule has 0 unspecified atom stereocenters. The van der Waals surface area contributed by atoms with E-state index in [4.69, 9.17) is 4.74 Å². The van der Waals surface area contributed by atoms with Crippen molar-refractivity contribution in [2.24, 2.45) is 0 Å². The summed E-state index contributed by atoms with van der Waals surface area (Å²) in [7, 11) is 0. The lowest BCUT2D eigenvalue weighted by atomic mass is 10.0. The Morgan fingerprint density at radius 3 is 2.80 bits per heavy atom. The van der Waals surface area contributed by atoms with Crippen molar-refractivity contribution < 1.29 is 23.1 Å². The SMILES string of the molecule is Cc1c2n(cc(C(=O)NCc3ccc(F)cc3F)c1=O)C[C@@H]1OCC[C@@H](C)N1C2=O. The van der Waals surface area contributed by atoms with Crippen molar-refractivity contribution >= 4 is 11.8 Å². The highest BCUT2D eigenvalue weighted by molar-refractivity contribution is 5.98. The average molecular weight is 417 g/mol. The van der Waals surface area contributed by atoms with E-state index in [-0.39, 0.29) is 40.9 Å². The zero-order valence-corrected chi connectivity index (χ0v) is 16.6. The van der Waals surface area contributed by atoms with Crippen LogP contribution in [0.5, 0.6) is 0 Å². The molecule has 9 heteroatoms. The molecule has 0 radical (unpaired) electrons. The fourth-order valence-electron chi connectivity index (χ4n) is 3.97. The Morgan fingerprint density at radius 1 is 1.30 bits per heavy atom. The Morgan fingerprint density at radius 2 is 2.07 bits per heavy atom. The minimum Gasteiger partial charge on any atom is -0.356 e. The number of benzene rings is 1. The van der Waals surface area contributed by atoms with E-state index in [0.717, 1.165) is 12.1 Å². The van der Waals surface area contributed by atoms with E-state index < -0.39 is 29.2 Å². The summed E-state index contributed by atoms with van der Waals surface area (Å²) in [6.07, 6.45) is 1.60. The third-order valence-electron chi connectivity index (χ3n) is 5.63. The Kier molecular flexibility index (Phi) is 5.15. The minimum atomic E-state index is -0.789. The summed E-state index contributed by atoms with van der Waals surface area (Å²) in [6, 6.07) is 3.03. The zero-order valence-electron chi connectivity index (χ0n) is 16.6. The maximum Gasteiger partial charge on any atom is 0.273 e. The summed E-state index contributed by atoms with van der Waals surface area (Å²) < 4.78 is 34.1. The maximum atomic E-state index is 13.8. The molecule has 1 aromatic carbocycles. The fraction of sp³-hybridized carbons (Fsp3) is 0.381. The number of ether oxygens (including phenoxy) is 1. The molecule has 4 rings (SSSR count). The summed E-state index contributed by atoms with van der Waals surface area (Å²) in [4.78, 5) is 40.1. The molecule has 30 heavy (non-hydrogen) atoms. The van der Waals surface area contributed by atoms with E-state index in [0.29, 0.717) is 19.6 Å². The van der Waals surface area contributed by atoms with Gasteiger partial charge in [0.15, 0.2) is 11.7 Å². The van der Waals surface area contributed by atoms with E-state index in [2.05, 4.69) is 5.32 Å². The molecular formula is C21H21F2N3O4. The second kappa shape index (κ2) is 7.64. The molecule has 0 bridgehead atoms. The van der Waals surface area contributed by atoms with Crippen molar-refractivity contribution in [3.8, 4) is 0 Å². The third kappa shape index (κ3) is 3.39. The molecule has 2 atom stereocenters. The molecule has 7 nitrogen and oxygen atoms in total. The lowest BCUT2D eigenvalue weighted by Crippen LogP contribution is -2.57. The Hall–Kier alpha value is -3.07. The average Bonchev–Trinajstić information content (AvgIpc) is 2.69. The van der Waals surface area contributed by atoms with Gasteiger partial charge in [-0.2, -0.15) is 0 Å². The van der Waals surface area contributed by atoms with E-state index in [1.807, 2.05) is 6.92 Å². The molecule has 2 aromatic rings. The van der Waals surface area contributed by atoms with Crippen LogP contribution in [0, 0.1) is 18.6 Å². The number of hydrogen-bond donors (Lipinski definition) is 1. The van der Waals surface area contributed by atoms with Crippen LogP contribution in [0.2, 0.25) is 0 Å². The van der Waals surface area contributed by atoms with Gasteiger partial charge in [-0.3, -0.25) is 14.4 Å².